The van der Waals surface area contributed by atoms with Crippen molar-refractivity contribution in [2.24, 2.45) is 0 Å². The average Bonchev–Trinajstić information content (AvgIpc) is 3.41. The van der Waals surface area contributed by atoms with Crippen LogP contribution in [0.4, 0.5) is 0 Å². The molecule has 0 saturated heterocycles. The van der Waals surface area contributed by atoms with E-state index in [-0.39, 0.29) is 20.1 Å². The minimum atomic E-state index is -1.32. The van der Waals surface area contributed by atoms with Gasteiger partial charge in [0.2, 0.25) is 0 Å². The van der Waals surface area contributed by atoms with Crippen LogP contribution in [0.5, 0.6) is 0 Å². The molecule has 3 aromatic carbocycles. The third kappa shape index (κ3) is 6.81. The molecule has 6 aromatic rings. The first-order chi connectivity index (χ1) is 20.0. The van der Waals surface area contributed by atoms with E-state index in [2.05, 4.69) is 79.2 Å². The van der Waals surface area contributed by atoms with Crippen LogP contribution in [0.1, 0.15) is 43.6 Å². The maximum absolute atomic E-state index is 4.76. The number of hydrogen-bond acceptors (Lipinski definition) is 3. The van der Waals surface area contributed by atoms with E-state index < -0.39 is 8.07 Å². The predicted molar refractivity (Wildman–Crippen MR) is 179 cm³/mol. The second-order valence-corrected chi connectivity index (χ2v) is 18.1. The molecule has 1 aliphatic rings. The average molecular weight is 761 g/mol. The van der Waals surface area contributed by atoms with Crippen LogP contribution >= 0.6 is 11.3 Å². The third-order valence-electron chi connectivity index (χ3n) is 8.07. The molecule has 215 valence electrons. The van der Waals surface area contributed by atoms with E-state index >= 15 is 0 Å². The van der Waals surface area contributed by atoms with Crippen LogP contribution in [0.15, 0.2) is 97.3 Å². The fourth-order valence-electron chi connectivity index (χ4n) is 5.75. The van der Waals surface area contributed by atoms with Gasteiger partial charge in [0.05, 0.1) is 8.07 Å². The van der Waals surface area contributed by atoms with Crippen LogP contribution in [0, 0.1) is 12.1 Å². The first kappa shape index (κ1) is 30.5. The van der Waals surface area contributed by atoms with Gasteiger partial charge in [-0.15, -0.1) is 59.7 Å². The molecule has 0 bridgehead atoms. The Balaban J connectivity index is 0.000000228. The molecule has 7 rings (SSSR count). The molecule has 1 aliphatic carbocycles. The molecule has 2 nitrogen and oxygen atoms in total. The number of benzene rings is 3. The first-order valence-electron chi connectivity index (χ1n) is 14.7. The molecule has 0 N–H and O–H groups in total. The minimum absolute atomic E-state index is 0. The Morgan fingerprint density at radius 2 is 1.55 bits per heavy atom. The quantitative estimate of drug-likeness (QED) is 0.132. The van der Waals surface area contributed by atoms with E-state index in [1.54, 1.807) is 6.20 Å². The summed E-state index contributed by atoms with van der Waals surface area (Å²) in [4.78, 5) is 8.98. The van der Waals surface area contributed by atoms with Crippen molar-refractivity contribution < 1.29 is 20.1 Å². The zero-order valence-electron chi connectivity index (χ0n) is 24.5. The van der Waals surface area contributed by atoms with Crippen molar-refractivity contribution in [3.05, 3.63) is 115 Å². The summed E-state index contributed by atoms with van der Waals surface area (Å²) in [6, 6.07) is 36.3. The number of rotatable bonds is 4. The van der Waals surface area contributed by atoms with Gasteiger partial charge in [-0.25, -0.2) is 0 Å². The van der Waals surface area contributed by atoms with Crippen LogP contribution in [0.2, 0.25) is 19.6 Å². The van der Waals surface area contributed by atoms with Gasteiger partial charge in [-0.3, -0.25) is 0 Å². The summed E-state index contributed by atoms with van der Waals surface area (Å²) in [5.74, 6) is 0.700. The van der Waals surface area contributed by atoms with Crippen molar-refractivity contribution in [3.63, 3.8) is 0 Å². The zero-order valence-corrected chi connectivity index (χ0v) is 28.7. The number of fused-ring (bicyclic) bond motifs is 3. The number of aromatic nitrogens is 2. The zero-order chi connectivity index (χ0) is 28.2. The fraction of sp³-hybridized carbons (Fsp3) is 0.243. The van der Waals surface area contributed by atoms with Gasteiger partial charge < -0.3 is 9.97 Å². The molecular formula is C37H36IrN2SSi-2. The Kier molecular flexibility index (Phi) is 9.85. The summed E-state index contributed by atoms with van der Waals surface area (Å²) in [5.41, 5.74) is 5.71. The van der Waals surface area contributed by atoms with Crippen molar-refractivity contribution in [2.75, 3.05) is 0 Å². The number of hydrogen-bond donors (Lipinski definition) is 0. The molecule has 1 radical (unpaired) electrons. The van der Waals surface area contributed by atoms with Gasteiger partial charge in [-0.2, -0.15) is 11.3 Å². The molecule has 0 amide bonds. The summed E-state index contributed by atoms with van der Waals surface area (Å²) in [5, 5.41) is 4.23. The van der Waals surface area contributed by atoms with Crippen molar-refractivity contribution >= 4 is 44.8 Å². The molecule has 42 heavy (non-hydrogen) atoms. The standard InChI is InChI=1S/C26H28NSSi.C11H8N.Ir/c1-29(2,3)20-12-13-21-22-10-7-11-23(26(22)28-25(21)17-20)24-16-19(14-15-27-24)18-8-5-4-6-9-18;1-2-6-10(7-3-1)11-8-4-5-9-12-11;/h7,10,12-18H,4-6,8-9H2,1-3H3;1-6,8-9H;/q2*-1;. The Bertz CT molecular complexity index is 1720. The normalized spacial score (nSPS) is 13.8. The molecule has 0 unspecified atom stereocenters. The van der Waals surface area contributed by atoms with Crippen molar-refractivity contribution in [2.45, 2.75) is 57.7 Å². The van der Waals surface area contributed by atoms with Crippen LogP contribution in [0.25, 0.3) is 42.7 Å². The van der Waals surface area contributed by atoms with Gasteiger partial charge in [0.25, 0.3) is 0 Å². The largest absolute Gasteiger partial charge is 0.305 e. The molecule has 0 spiro atoms. The maximum Gasteiger partial charge on any atom is 0.0776 e. The second kappa shape index (κ2) is 13.6. The van der Waals surface area contributed by atoms with E-state index in [0.717, 1.165) is 22.5 Å². The Hall–Kier alpha value is -2.95. The second-order valence-electron chi connectivity index (χ2n) is 12.0. The van der Waals surface area contributed by atoms with Crippen LogP contribution in [-0.2, 0) is 20.1 Å². The predicted octanol–water partition coefficient (Wildman–Crippen LogP) is 10.1. The van der Waals surface area contributed by atoms with Gasteiger partial charge >= 0.3 is 0 Å². The Labute approximate surface area is 268 Å². The summed E-state index contributed by atoms with van der Waals surface area (Å²) in [7, 11) is -1.32. The summed E-state index contributed by atoms with van der Waals surface area (Å²) in [6.07, 6.45) is 10.5. The van der Waals surface area contributed by atoms with Crippen LogP contribution in [-0.4, -0.2) is 18.0 Å². The molecule has 5 heteroatoms. The monoisotopic (exact) mass is 761 g/mol. The first-order valence-corrected chi connectivity index (χ1v) is 19.0. The van der Waals surface area contributed by atoms with Crippen LogP contribution in [0.3, 0.4) is 0 Å². The fourth-order valence-corrected chi connectivity index (χ4v) is 8.26. The molecular weight excluding hydrogens is 725 g/mol. The van der Waals surface area contributed by atoms with Crippen molar-refractivity contribution in [3.8, 4) is 22.5 Å². The molecule has 3 aromatic heterocycles. The van der Waals surface area contributed by atoms with Gasteiger partial charge in [0.1, 0.15) is 0 Å². The Morgan fingerprint density at radius 1 is 0.738 bits per heavy atom. The number of pyridine rings is 2. The van der Waals surface area contributed by atoms with E-state index in [1.807, 2.05) is 60.0 Å². The smallest absolute Gasteiger partial charge is 0.0776 e. The minimum Gasteiger partial charge on any atom is -0.305 e. The van der Waals surface area contributed by atoms with E-state index in [9.17, 15) is 0 Å². The summed E-state index contributed by atoms with van der Waals surface area (Å²) in [6.45, 7) is 7.25. The molecule has 0 aliphatic heterocycles. The maximum atomic E-state index is 4.76. The molecule has 1 fully saturated rings. The van der Waals surface area contributed by atoms with Gasteiger partial charge in [-0.05, 0) is 58.4 Å². The SMILES string of the molecule is C[Si](C)(C)c1ccc2c(c1)sc1c(-c3cc(C4CCCCC4)ccn3)[c-]ccc12.[Ir].[c-]1ccccc1-c1ccccn1. The molecule has 3 heterocycles. The van der Waals surface area contributed by atoms with E-state index in [0.29, 0.717) is 5.92 Å². The molecule has 0 atom stereocenters. The van der Waals surface area contributed by atoms with Crippen molar-refractivity contribution in [1.29, 1.82) is 0 Å². The summed E-state index contributed by atoms with van der Waals surface area (Å²) >= 11 is 1.91. The van der Waals surface area contributed by atoms with E-state index in [4.69, 9.17) is 4.98 Å². The van der Waals surface area contributed by atoms with Gasteiger partial charge in [0, 0.05) is 37.2 Å². The van der Waals surface area contributed by atoms with Crippen molar-refractivity contribution in [1.82, 2.24) is 9.97 Å². The third-order valence-corrected chi connectivity index (χ3v) is 11.3. The number of nitrogens with zero attached hydrogens (tertiary/aromatic N) is 2. The topological polar surface area (TPSA) is 25.8 Å². The Morgan fingerprint density at radius 3 is 2.29 bits per heavy atom. The van der Waals surface area contributed by atoms with E-state index in [1.165, 1.54) is 63.0 Å². The number of thiophene rings is 1. The summed E-state index contributed by atoms with van der Waals surface area (Å²) < 4.78 is 2.72. The van der Waals surface area contributed by atoms with Crippen LogP contribution < -0.4 is 5.19 Å². The van der Waals surface area contributed by atoms with Gasteiger partial charge in [-0.1, -0.05) is 85.4 Å². The molecule has 1 saturated carbocycles. The van der Waals surface area contributed by atoms with Gasteiger partial charge in [0.15, 0.2) is 0 Å².